The monoisotopic (exact) mass is 307 g/mol. The van der Waals surface area contributed by atoms with Gasteiger partial charge in [0.1, 0.15) is 17.2 Å². The Kier molecular flexibility index (Phi) is 5.17. The summed E-state index contributed by atoms with van der Waals surface area (Å²) >= 11 is 6.01. The van der Waals surface area contributed by atoms with Crippen LogP contribution < -0.4 is 14.8 Å². The van der Waals surface area contributed by atoms with Gasteiger partial charge in [-0.25, -0.2) is 0 Å². The molecule has 112 valence electrons. The summed E-state index contributed by atoms with van der Waals surface area (Å²) in [4.78, 5) is 0. The number of ether oxygens (including phenoxy) is 2. The van der Waals surface area contributed by atoms with Crippen molar-refractivity contribution in [3.05, 3.63) is 47.0 Å². The highest BCUT2D eigenvalue weighted by atomic mass is 35.5. The smallest absolute Gasteiger partial charge is 0.142 e. The van der Waals surface area contributed by atoms with Crippen LogP contribution >= 0.6 is 11.6 Å². The number of halogens is 1. The van der Waals surface area contributed by atoms with E-state index in [1.54, 1.807) is 37.4 Å². The Bertz CT molecular complexity index is 616. The molecule has 0 saturated heterocycles. The molecule has 0 bridgehead atoms. The Balaban J connectivity index is 2.17. The number of benzene rings is 2. The summed E-state index contributed by atoms with van der Waals surface area (Å²) in [5, 5.41) is 13.7. The molecule has 2 rings (SSSR count). The second-order valence-corrected chi connectivity index (χ2v) is 4.86. The van der Waals surface area contributed by atoms with Gasteiger partial charge in [-0.1, -0.05) is 11.6 Å². The van der Waals surface area contributed by atoms with Crippen molar-refractivity contribution in [3.63, 3.8) is 0 Å². The molecule has 0 atom stereocenters. The largest absolute Gasteiger partial charge is 0.508 e. The van der Waals surface area contributed by atoms with Crippen LogP contribution in [0.25, 0.3) is 0 Å². The molecular weight excluding hydrogens is 290 g/mol. The van der Waals surface area contributed by atoms with Gasteiger partial charge in [-0.05, 0) is 43.3 Å². The molecule has 0 radical (unpaired) electrons. The second kappa shape index (κ2) is 7.09. The number of hydrogen-bond acceptors (Lipinski definition) is 4. The minimum Gasteiger partial charge on any atom is -0.508 e. The van der Waals surface area contributed by atoms with Crippen LogP contribution in [-0.2, 0) is 6.54 Å². The third-order valence-electron chi connectivity index (χ3n) is 3.00. The molecule has 0 saturated carbocycles. The van der Waals surface area contributed by atoms with Crippen LogP contribution in [-0.4, -0.2) is 18.8 Å². The van der Waals surface area contributed by atoms with Gasteiger partial charge in [0, 0.05) is 17.1 Å². The average molecular weight is 308 g/mol. The highest BCUT2D eigenvalue weighted by Gasteiger charge is 2.07. The Hall–Kier alpha value is -2.07. The van der Waals surface area contributed by atoms with E-state index in [9.17, 15) is 5.11 Å². The van der Waals surface area contributed by atoms with Crippen LogP contribution in [0.1, 0.15) is 12.5 Å². The average Bonchev–Trinajstić information content (AvgIpc) is 2.49. The van der Waals surface area contributed by atoms with Crippen LogP contribution in [0.5, 0.6) is 17.2 Å². The Morgan fingerprint density at radius 1 is 1.19 bits per heavy atom. The number of aromatic hydroxyl groups is 1. The van der Waals surface area contributed by atoms with Crippen molar-refractivity contribution >= 4 is 17.3 Å². The Morgan fingerprint density at radius 3 is 2.71 bits per heavy atom. The number of nitrogens with one attached hydrogen (secondary N) is 1. The molecule has 2 N–H and O–H groups in total. The first kappa shape index (κ1) is 15.3. The molecule has 0 amide bonds. The maximum Gasteiger partial charge on any atom is 0.142 e. The van der Waals surface area contributed by atoms with Crippen molar-refractivity contribution in [1.29, 1.82) is 0 Å². The summed E-state index contributed by atoms with van der Waals surface area (Å²) in [7, 11) is 1.59. The molecule has 5 heteroatoms. The van der Waals surface area contributed by atoms with E-state index in [0.29, 0.717) is 23.9 Å². The lowest BCUT2D eigenvalue weighted by Gasteiger charge is -2.14. The topological polar surface area (TPSA) is 50.7 Å². The van der Waals surface area contributed by atoms with E-state index < -0.39 is 0 Å². The van der Waals surface area contributed by atoms with Crippen molar-refractivity contribution in [2.75, 3.05) is 19.0 Å². The third kappa shape index (κ3) is 3.95. The number of phenols is 1. The van der Waals surface area contributed by atoms with Gasteiger partial charge in [-0.15, -0.1) is 0 Å². The second-order valence-electron chi connectivity index (χ2n) is 4.42. The van der Waals surface area contributed by atoms with Crippen molar-refractivity contribution in [3.8, 4) is 17.2 Å². The number of anilines is 1. The van der Waals surface area contributed by atoms with E-state index in [-0.39, 0.29) is 5.75 Å². The summed E-state index contributed by atoms with van der Waals surface area (Å²) in [6.07, 6.45) is 0. The van der Waals surface area contributed by atoms with Gasteiger partial charge in [0.2, 0.25) is 0 Å². The molecule has 0 aromatic heterocycles. The molecule has 0 heterocycles. The van der Waals surface area contributed by atoms with E-state index in [1.165, 1.54) is 0 Å². The zero-order valence-electron chi connectivity index (χ0n) is 12.0. The zero-order valence-corrected chi connectivity index (χ0v) is 12.8. The van der Waals surface area contributed by atoms with Crippen molar-refractivity contribution in [1.82, 2.24) is 0 Å². The zero-order chi connectivity index (χ0) is 15.2. The van der Waals surface area contributed by atoms with Gasteiger partial charge in [0.05, 0.1) is 19.4 Å². The van der Waals surface area contributed by atoms with Crippen molar-refractivity contribution in [2.24, 2.45) is 0 Å². The fourth-order valence-corrected chi connectivity index (χ4v) is 2.11. The maximum absolute atomic E-state index is 9.88. The Morgan fingerprint density at radius 2 is 2.00 bits per heavy atom. The van der Waals surface area contributed by atoms with Crippen LogP contribution in [0, 0.1) is 0 Å². The minimum atomic E-state index is 0.211. The van der Waals surface area contributed by atoms with E-state index in [2.05, 4.69) is 5.32 Å². The van der Waals surface area contributed by atoms with Gasteiger partial charge in [-0.3, -0.25) is 0 Å². The van der Waals surface area contributed by atoms with Crippen LogP contribution in [0.4, 0.5) is 5.69 Å². The van der Waals surface area contributed by atoms with E-state index in [1.807, 2.05) is 13.0 Å². The van der Waals surface area contributed by atoms with Gasteiger partial charge in [0.15, 0.2) is 0 Å². The molecule has 0 aliphatic carbocycles. The van der Waals surface area contributed by atoms with Crippen LogP contribution in [0.3, 0.4) is 0 Å². The molecule has 0 fully saturated rings. The molecule has 21 heavy (non-hydrogen) atoms. The van der Waals surface area contributed by atoms with Gasteiger partial charge in [-0.2, -0.15) is 0 Å². The summed E-state index contributed by atoms with van der Waals surface area (Å²) in [6, 6.07) is 10.5. The first-order chi connectivity index (χ1) is 10.1. The molecular formula is C16H18ClNO3. The van der Waals surface area contributed by atoms with E-state index in [4.69, 9.17) is 21.1 Å². The highest BCUT2D eigenvalue weighted by Crippen LogP contribution is 2.30. The standard InChI is InChI=1S/C16H18ClNO3/c1-3-21-16-7-4-12(17)9-14(16)18-10-11-8-13(20-2)5-6-15(11)19/h4-9,18-19H,3,10H2,1-2H3. The lowest BCUT2D eigenvalue weighted by atomic mass is 10.2. The lowest BCUT2D eigenvalue weighted by Crippen LogP contribution is -2.03. The maximum atomic E-state index is 9.88. The predicted octanol–water partition coefficient (Wildman–Crippen LogP) is 4.07. The number of rotatable bonds is 6. The van der Waals surface area contributed by atoms with Gasteiger partial charge in [0.25, 0.3) is 0 Å². The summed E-state index contributed by atoms with van der Waals surface area (Å²) in [6.45, 7) is 2.93. The predicted molar refractivity (Wildman–Crippen MR) is 84.6 cm³/mol. The molecule has 0 aliphatic rings. The minimum absolute atomic E-state index is 0.211. The number of methoxy groups -OCH3 is 1. The van der Waals surface area contributed by atoms with E-state index in [0.717, 1.165) is 17.0 Å². The molecule has 0 aliphatic heterocycles. The third-order valence-corrected chi connectivity index (χ3v) is 3.23. The Labute approximate surface area is 129 Å². The van der Waals surface area contributed by atoms with Crippen molar-refractivity contribution in [2.45, 2.75) is 13.5 Å². The summed E-state index contributed by atoms with van der Waals surface area (Å²) < 4.78 is 10.7. The van der Waals surface area contributed by atoms with Crippen LogP contribution in [0.2, 0.25) is 5.02 Å². The normalized spacial score (nSPS) is 10.2. The van der Waals surface area contributed by atoms with Gasteiger partial charge < -0.3 is 19.9 Å². The summed E-state index contributed by atoms with van der Waals surface area (Å²) in [5.41, 5.74) is 1.52. The summed E-state index contributed by atoms with van der Waals surface area (Å²) in [5.74, 6) is 1.63. The number of phenolic OH excluding ortho intramolecular Hbond substituents is 1. The fraction of sp³-hybridized carbons (Fsp3) is 0.250. The number of hydrogen-bond donors (Lipinski definition) is 2. The molecule has 0 spiro atoms. The molecule has 4 nitrogen and oxygen atoms in total. The SMILES string of the molecule is CCOc1ccc(Cl)cc1NCc1cc(OC)ccc1O. The quantitative estimate of drug-likeness (QED) is 0.845. The first-order valence-electron chi connectivity index (χ1n) is 6.66. The van der Waals surface area contributed by atoms with Crippen molar-refractivity contribution < 1.29 is 14.6 Å². The molecule has 2 aromatic carbocycles. The first-order valence-corrected chi connectivity index (χ1v) is 7.04. The van der Waals surface area contributed by atoms with Crippen LogP contribution in [0.15, 0.2) is 36.4 Å². The fourth-order valence-electron chi connectivity index (χ4n) is 1.94. The highest BCUT2D eigenvalue weighted by molar-refractivity contribution is 6.30. The lowest BCUT2D eigenvalue weighted by molar-refractivity contribution is 0.341. The van der Waals surface area contributed by atoms with E-state index >= 15 is 0 Å². The molecule has 2 aromatic rings. The molecule has 0 unspecified atom stereocenters. The van der Waals surface area contributed by atoms with Gasteiger partial charge >= 0.3 is 0 Å².